The average molecular weight is 248 g/mol. The van der Waals surface area contributed by atoms with Crippen molar-refractivity contribution in [1.29, 1.82) is 0 Å². The summed E-state index contributed by atoms with van der Waals surface area (Å²) in [6.07, 6.45) is 9.14. The molecule has 1 aromatic rings. The predicted octanol–water partition coefficient (Wildman–Crippen LogP) is 1.96. The quantitative estimate of drug-likeness (QED) is 0.868. The fourth-order valence-electron chi connectivity index (χ4n) is 3.34. The molecule has 1 aromatic heterocycles. The molecule has 3 heterocycles. The van der Waals surface area contributed by atoms with E-state index in [9.17, 15) is 0 Å². The van der Waals surface area contributed by atoms with Crippen LogP contribution in [0.4, 0.5) is 0 Å². The van der Waals surface area contributed by atoms with Crippen LogP contribution in [-0.2, 0) is 0 Å². The first-order valence-corrected chi connectivity index (χ1v) is 7.21. The van der Waals surface area contributed by atoms with Gasteiger partial charge in [-0.1, -0.05) is 0 Å². The molecular formula is C14H24N4. The zero-order valence-corrected chi connectivity index (χ0v) is 11.5. The number of likely N-dealkylation sites (tertiary alicyclic amines) is 1. The topological polar surface area (TPSA) is 33.1 Å². The number of nitrogens with zero attached hydrogens (tertiary/aromatic N) is 3. The Morgan fingerprint density at radius 3 is 3.00 bits per heavy atom. The van der Waals surface area contributed by atoms with E-state index < -0.39 is 0 Å². The van der Waals surface area contributed by atoms with Gasteiger partial charge < -0.3 is 14.8 Å². The minimum Gasteiger partial charge on any atom is -0.330 e. The molecule has 0 spiro atoms. The molecule has 0 bridgehead atoms. The van der Waals surface area contributed by atoms with Gasteiger partial charge in [0.1, 0.15) is 0 Å². The van der Waals surface area contributed by atoms with Crippen LogP contribution in [0.2, 0.25) is 0 Å². The van der Waals surface area contributed by atoms with Crippen LogP contribution < -0.4 is 5.32 Å². The Morgan fingerprint density at radius 2 is 2.28 bits per heavy atom. The highest BCUT2D eigenvalue weighted by Gasteiger charge is 2.27. The molecule has 2 saturated heterocycles. The minimum absolute atomic E-state index is 0.530. The van der Waals surface area contributed by atoms with Crippen molar-refractivity contribution in [2.45, 2.75) is 50.7 Å². The second-order valence-corrected chi connectivity index (χ2v) is 5.88. The van der Waals surface area contributed by atoms with Gasteiger partial charge in [0.05, 0.1) is 12.0 Å². The molecule has 2 unspecified atom stereocenters. The number of aromatic nitrogens is 2. The highest BCUT2D eigenvalue weighted by atomic mass is 15.2. The number of hydrogen-bond acceptors (Lipinski definition) is 3. The molecule has 0 aliphatic carbocycles. The molecule has 2 aliphatic rings. The van der Waals surface area contributed by atoms with Gasteiger partial charge in [-0.05, 0) is 46.2 Å². The van der Waals surface area contributed by atoms with E-state index in [4.69, 9.17) is 0 Å². The first-order chi connectivity index (χ1) is 8.75. The predicted molar refractivity (Wildman–Crippen MR) is 72.6 cm³/mol. The monoisotopic (exact) mass is 248 g/mol. The standard InChI is InChI=1S/C14H24N4/c1-11-8-12(5-7-17(11)2)18-10-15-9-14(18)13-4-3-6-16-13/h9-13,16H,3-8H2,1-2H3/t11?,12?,13-/m0/s1. The number of rotatable bonds is 2. The van der Waals surface area contributed by atoms with E-state index in [1.807, 2.05) is 6.33 Å². The van der Waals surface area contributed by atoms with E-state index in [2.05, 4.69) is 39.9 Å². The second kappa shape index (κ2) is 5.02. The van der Waals surface area contributed by atoms with E-state index >= 15 is 0 Å². The maximum atomic E-state index is 4.40. The zero-order valence-electron chi connectivity index (χ0n) is 11.5. The summed E-state index contributed by atoms with van der Waals surface area (Å²) in [4.78, 5) is 6.85. The van der Waals surface area contributed by atoms with Gasteiger partial charge in [0.25, 0.3) is 0 Å². The molecule has 2 aliphatic heterocycles. The first kappa shape index (κ1) is 12.2. The molecule has 0 saturated carbocycles. The van der Waals surface area contributed by atoms with Gasteiger partial charge in [0.2, 0.25) is 0 Å². The molecule has 18 heavy (non-hydrogen) atoms. The van der Waals surface area contributed by atoms with Gasteiger partial charge in [-0.25, -0.2) is 4.98 Å². The average Bonchev–Trinajstić information content (AvgIpc) is 3.00. The summed E-state index contributed by atoms with van der Waals surface area (Å²) in [6, 6.07) is 1.84. The third kappa shape index (κ3) is 2.19. The molecule has 3 rings (SSSR count). The van der Waals surface area contributed by atoms with Crippen molar-refractivity contribution in [2.24, 2.45) is 0 Å². The Labute approximate surface area is 109 Å². The Bertz CT molecular complexity index is 394. The van der Waals surface area contributed by atoms with Crippen LogP contribution in [0.5, 0.6) is 0 Å². The molecule has 4 heteroatoms. The maximum absolute atomic E-state index is 4.40. The number of imidazole rings is 1. The second-order valence-electron chi connectivity index (χ2n) is 5.88. The molecule has 2 fully saturated rings. The van der Waals surface area contributed by atoms with Crippen LogP contribution >= 0.6 is 0 Å². The van der Waals surface area contributed by atoms with Gasteiger partial charge in [-0.15, -0.1) is 0 Å². The lowest BCUT2D eigenvalue weighted by Crippen LogP contribution is -2.39. The lowest BCUT2D eigenvalue weighted by atomic mass is 9.98. The van der Waals surface area contributed by atoms with Gasteiger partial charge in [-0.2, -0.15) is 0 Å². The molecule has 0 aromatic carbocycles. The number of nitrogens with one attached hydrogen (secondary N) is 1. The Balaban J connectivity index is 1.78. The molecule has 0 amide bonds. The summed E-state index contributed by atoms with van der Waals surface area (Å²) in [5.74, 6) is 0. The SMILES string of the molecule is CC1CC(n2cncc2[C@@H]2CCCN2)CCN1C. The van der Waals surface area contributed by atoms with Gasteiger partial charge in [0, 0.05) is 30.9 Å². The van der Waals surface area contributed by atoms with Crippen LogP contribution in [-0.4, -0.2) is 40.6 Å². The summed E-state index contributed by atoms with van der Waals surface area (Å²) < 4.78 is 2.44. The van der Waals surface area contributed by atoms with Crippen LogP contribution in [0.3, 0.4) is 0 Å². The highest BCUT2D eigenvalue weighted by molar-refractivity contribution is 5.09. The molecule has 100 valence electrons. The van der Waals surface area contributed by atoms with E-state index in [-0.39, 0.29) is 0 Å². The fraction of sp³-hybridized carbons (Fsp3) is 0.786. The number of hydrogen-bond donors (Lipinski definition) is 1. The lowest BCUT2D eigenvalue weighted by molar-refractivity contribution is 0.154. The summed E-state index contributed by atoms with van der Waals surface area (Å²) in [7, 11) is 2.23. The third-order valence-electron chi connectivity index (χ3n) is 4.69. The lowest BCUT2D eigenvalue weighted by Gasteiger charge is -2.36. The van der Waals surface area contributed by atoms with E-state index in [1.165, 1.54) is 37.9 Å². The van der Waals surface area contributed by atoms with Crippen molar-refractivity contribution in [1.82, 2.24) is 19.8 Å². The number of piperidine rings is 1. The van der Waals surface area contributed by atoms with Gasteiger partial charge in [0.15, 0.2) is 0 Å². The zero-order chi connectivity index (χ0) is 12.5. The minimum atomic E-state index is 0.530. The van der Waals surface area contributed by atoms with Crippen LogP contribution in [0.15, 0.2) is 12.5 Å². The van der Waals surface area contributed by atoms with E-state index in [1.54, 1.807) is 0 Å². The summed E-state index contributed by atoms with van der Waals surface area (Å²) in [5, 5.41) is 3.59. The molecule has 0 radical (unpaired) electrons. The smallest absolute Gasteiger partial charge is 0.0951 e. The van der Waals surface area contributed by atoms with Crippen LogP contribution in [0, 0.1) is 0 Å². The van der Waals surface area contributed by atoms with Crippen LogP contribution in [0.25, 0.3) is 0 Å². The highest BCUT2D eigenvalue weighted by Crippen LogP contribution is 2.31. The molecule has 3 atom stereocenters. The van der Waals surface area contributed by atoms with Gasteiger partial charge >= 0.3 is 0 Å². The van der Waals surface area contributed by atoms with Crippen molar-refractivity contribution >= 4 is 0 Å². The first-order valence-electron chi connectivity index (χ1n) is 7.21. The summed E-state index contributed by atoms with van der Waals surface area (Å²) in [5.41, 5.74) is 1.40. The maximum Gasteiger partial charge on any atom is 0.0951 e. The van der Waals surface area contributed by atoms with Crippen molar-refractivity contribution < 1.29 is 0 Å². The molecular weight excluding hydrogens is 224 g/mol. The molecule has 1 N–H and O–H groups in total. The third-order valence-corrected chi connectivity index (χ3v) is 4.69. The van der Waals surface area contributed by atoms with E-state index in [0.29, 0.717) is 18.1 Å². The van der Waals surface area contributed by atoms with Crippen molar-refractivity contribution in [3.05, 3.63) is 18.2 Å². The summed E-state index contributed by atoms with van der Waals surface area (Å²) in [6.45, 7) is 4.68. The van der Waals surface area contributed by atoms with Crippen molar-refractivity contribution in [2.75, 3.05) is 20.1 Å². The normalized spacial score (nSPS) is 34.0. The fourth-order valence-corrected chi connectivity index (χ4v) is 3.34. The Morgan fingerprint density at radius 1 is 1.39 bits per heavy atom. The molecule has 4 nitrogen and oxygen atoms in total. The van der Waals surface area contributed by atoms with Crippen molar-refractivity contribution in [3.63, 3.8) is 0 Å². The van der Waals surface area contributed by atoms with Gasteiger partial charge in [-0.3, -0.25) is 0 Å². The van der Waals surface area contributed by atoms with E-state index in [0.717, 1.165) is 6.54 Å². The Hall–Kier alpha value is -0.870. The largest absolute Gasteiger partial charge is 0.330 e. The van der Waals surface area contributed by atoms with Crippen LogP contribution in [0.1, 0.15) is 50.4 Å². The summed E-state index contributed by atoms with van der Waals surface area (Å²) >= 11 is 0. The van der Waals surface area contributed by atoms with Crippen molar-refractivity contribution in [3.8, 4) is 0 Å². The Kier molecular flexibility index (Phi) is 3.39.